The van der Waals surface area contributed by atoms with Crippen molar-refractivity contribution in [1.82, 2.24) is 19.6 Å². The maximum Gasteiger partial charge on any atom is 0.274 e. The fourth-order valence-corrected chi connectivity index (χ4v) is 5.95. The second-order valence-electron chi connectivity index (χ2n) is 9.97. The van der Waals surface area contributed by atoms with Crippen molar-refractivity contribution < 1.29 is 9.59 Å². The van der Waals surface area contributed by atoms with Crippen LogP contribution in [0, 0.1) is 23.2 Å². The van der Waals surface area contributed by atoms with Gasteiger partial charge in [0, 0.05) is 31.9 Å². The lowest BCUT2D eigenvalue weighted by Gasteiger charge is -2.60. The Morgan fingerprint density at radius 3 is 2.80 bits per heavy atom. The molecule has 0 unspecified atom stereocenters. The summed E-state index contributed by atoms with van der Waals surface area (Å²) in [5, 5.41) is 3.15. The first-order valence-electron chi connectivity index (χ1n) is 11.2. The third-order valence-electron chi connectivity index (χ3n) is 7.98. The Morgan fingerprint density at radius 2 is 2.10 bits per heavy atom. The van der Waals surface area contributed by atoms with Crippen molar-refractivity contribution >= 4 is 17.5 Å². The zero-order valence-electron chi connectivity index (χ0n) is 17.8. The molecule has 0 radical (unpaired) electrons. The second-order valence-corrected chi connectivity index (χ2v) is 9.97. The maximum atomic E-state index is 13.0. The lowest BCUT2D eigenvalue weighted by Crippen LogP contribution is -2.54. The summed E-state index contributed by atoms with van der Waals surface area (Å²) in [6.45, 7) is 6.67. The quantitative estimate of drug-likeness (QED) is 0.810. The molecule has 160 valence electrons. The number of hydrogen-bond acceptors (Lipinski definition) is 4. The van der Waals surface area contributed by atoms with Crippen LogP contribution in [-0.4, -0.2) is 51.8 Å². The van der Waals surface area contributed by atoms with Gasteiger partial charge < -0.3 is 16.0 Å². The SMILES string of the molecule is CC1(C)[C@H]2CC[C@@H](CNC(=O)c3cccc4nc(C(=O)N5CC[C@@H](N)C5)cn34)[C@H]1C2. The monoisotopic (exact) mass is 409 g/mol. The highest BCUT2D eigenvalue weighted by atomic mass is 16.2. The third kappa shape index (κ3) is 3.11. The van der Waals surface area contributed by atoms with E-state index in [4.69, 9.17) is 5.73 Å². The van der Waals surface area contributed by atoms with E-state index in [0.717, 1.165) is 12.3 Å². The van der Waals surface area contributed by atoms with E-state index in [1.807, 2.05) is 12.1 Å². The topological polar surface area (TPSA) is 92.7 Å². The van der Waals surface area contributed by atoms with Crippen LogP contribution in [0.3, 0.4) is 0 Å². The molecule has 6 rings (SSSR count). The number of hydrogen-bond donors (Lipinski definition) is 2. The van der Waals surface area contributed by atoms with Gasteiger partial charge in [0.2, 0.25) is 0 Å². The van der Waals surface area contributed by atoms with Crippen molar-refractivity contribution in [2.24, 2.45) is 28.9 Å². The molecule has 0 aromatic carbocycles. The molecule has 2 bridgehead atoms. The van der Waals surface area contributed by atoms with E-state index < -0.39 is 0 Å². The number of amides is 2. The molecule has 7 nitrogen and oxygen atoms in total. The summed E-state index contributed by atoms with van der Waals surface area (Å²) < 4.78 is 1.72. The summed E-state index contributed by atoms with van der Waals surface area (Å²) in [5.74, 6) is 1.88. The number of carbonyl (C=O) groups excluding carboxylic acids is 2. The van der Waals surface area contributed by atoms with Gasteiger partial charge >= 0.3 is 0 Å². The van der Waals surface area contributed by atoms with Crippen molar-refractivity contribution in [2.75, 3.05) is 19.6 Å². The molecule has 3 N–H and O–H groups in total. The van der Waals surface area contributed by atoms with E-state index in [2.05, 4.69) is 24.1 Å². The number of nitrogens with zero attached hydrogens (tertiary/aromatic N) is 3. The molecule has 30 heavy (non-hydrogen) atoms. The van der Waals surface area contributed by atoms with Gasteiger partial charge in [0.1, 0.15) is 17.0 Å². The summed E-state index contributed by atoms with van der Waals surface area (Å²) in [6, 6.07) is 5.45. The van der Waals surface area contributed by atoms with Crippen LogP contribution >= 0.6 is 0 Å². The number of pyridine rings is 1. The van der Waals surface area contributed by atoms with Gasteiger partial charge in [0.25, 0.3) is 11.8 Å². The second kappa shape index (κ2) is 7.08. The molecule has 2 aromatic rings. The maximum absolute atomic E-state index is 13.0. The highest BCUT2D eigenvalue weighted by Crippen LogP contribution is 2.61. The molecule has 2 aromatic heterocycles. The van der Waals surface area contributed by atoms with Gasteiger partial charge in [0.15, 0.2) is 0 Å². The molecule has 3 aliphatic carbocycles. The van der Waals surface area contributed by atoms with Crippen LogP contribution in [-0.2, 0) is 0 Å². The molecule has 0 spiro atoms. The molecular weight excluding hydrogens is 378 g/mol. The zero-order valence-corrected chi connectivity index (χ0v) is 17.8. The molecule has 2 amide bonds. The van der Waals surface area contributed by atoms with Gasteiger partial charge in [-0.1, -0.05) is 19.9 Å². The molecule has 4 fully saturated rings. The normalized spacial score (nSPS) is 29.6. The summed E-state index contributed by atoms with van der Waals surface area (Å²) in [7, 11) is 0. The average molecular weight is 410 g/mol. The first-order valence-corrected chi connectivity index (χ1v) is 11.2. The van der Waals surface area contributed by atoms with Crippen molar-refractivity contribution in [1.29, 1.82) is 0 Å². The van der Waals surface area contributed by atoms with Crippen LogP contribution in [0.4, 0.5) is 0 Å². The van der Waals surface area contributed by atoms with Crippen molar-refractivity contribution in [2.45, 2.75) is 45.6 Å². The van der Waals surface area contributed by atoms with Crippen molar-refractivity contribution in [3.05, 3.63) is 35.8 Å². The average Bonchev–Trinajstić information content (AvgIpc) is 3.37. The van der Waals surface area contributed by atoms with Crippen molar-refractivity contribution in [3.8, 4) is 0 Å². The van der Waals surface area contributed by atoms with Gasteiger partial charge in [-0.15, -0.1) is 0 Å². The molecule has 1 aliphatic heterocycles. The minimum Gasteiger partial charge on any atom is -0.350 e. The molecule has 4 atom stereocenters. The van der Waals surface area contributed by atoms with E-state index in [0.29, 0.717) is 53.9 Å². The number of nitrogens with one attached hydrogen (secondary N) is 1. The first-order chi connectivity index (χ1) is 14.3. The van der Waals surface area contributed by atoms with Gasteiger partial charge in [-0.25, -0.2) is 4.98 Å². The Hall–Kier alpha value is -2.41. The Labute approximate surface area is 177 Å². The Kier molecular flexibility index (Phi) is 4.61. The summed E-state index contributed by atoms with van der Waals surface area (Å²) >= 11 is 0. The van der Waals surface area contributed by atoms with Gasteiger partial charge in [-0.05, 0) is 61.0 Å². The van der Waals surface area contributed by atoms with Crippen LogP contribution in [0.1, 0.15) is 60.5 Å². The van der Waals surface area contributed by atoms with Gasteiger partial charge in [0.05, 0.1) is 0 Å². The van der Waals surface area contributed by atoms with Crippen molar-refractivity contribution in [3.63, 3.8) is 0 Å². The number of likely N-dealkylation sites (tertiary alicyclic amines) is 1. The Balaban J connectivity index is 1.31. The fraction of sp³-hybridized carbons (Fsp3) is 0.609. The molecular formula is C23H31N5O2. The van der Waals surface area contributed by atoms with E-state index >= 15 is 0 Å². The summed E-state index contributed by atoms with van der Waals surface area (Å²) in [5.41, 5.74) is 7.82. The van der Waals surface area contributed by atoms with Crippen LogP contribution in [0.25, 0.3) is 5.65 Å². The van der Waals surface area contributed by atoms with E-state index in [1.54, 1.807) is 21.6 Å². The number of nitrogens with two attached hydrogens (primary N) is 1. The fourth-order valence-electron chi connectivity index (χ4n) is 5.95. The van der Waals surface area contributed by atoms with Crippen LogP contribution in [0.5, 0.6) is 0 Å². The van der Waals surface area contributed by atoms with E-state index in [1.165, 1.54) is 19.3 Å². The highest BCUT2D eigenvalue weighted by molar-refractivity contribution is 5.95. The Morgan fingerprint density at radius 1 is 1.27 bits per heavy atom. The smallest absolute Gasteiger partial charge is 0.274 e. The zero-order chi connectivity index (χ0) is 21.0. The minimum atomic E-state index is -0.123. The predicted octanol–water partition coefficient (Wildman–Crippen LogP) is 2.31. The van der Waals surface area contributed by atoms with Crippen LogP contribution in [0.15, 0.2) is 24.4 Å². The lowest BCUT2D eigenvalue weighted by molar-refractivity contribution is -0.103. The third-order valence-corrected chi connectivity index (χ3v) is 7.98. The van der Waals surface area contributed by atoms with Gasteiger partial charge in [-0.2, -0.15) is 0 Å². The molecule has 4 aliphatic rings. The standard InChI is InChI=1S/C23H31N5O2/c1-23(2)15-7-6-14(17(23)10-15)11-25-21(29)19-4-3-5-20-26-18(13-28(19)20)22(30)27-9-8-16(24)12-27/h3-5,13-17H,6-12,24H2,1-2H3,(H,25,29)/t14-,15-,16+,17+/m0/s1. The van der Waals surface area contributed by atoms with E-state index in [-0.39, 0.29) is 17.9 Å². The molecule has 1 saturated heterocycles. The van der Waals surface area contributed by atoms with Crippen LogP contribution in [0.2, 0.25) is 0 Å². The Bertz CT molecular complexity index is 995. The number of aromatic nitrogens is 2. The number of carbonyl (C=O) groups is 2. The number of imidazole rings is 1. The van der Waals surface area contributed by atoms with E-state index in [9.17, 15) is 9.59 Å². The molecule has 3 saturated carbocycles. The highest BCUT2D eigenvalue weighted by Gasteiger charge is 2.53. The summed E-state index contributed by atoms with van der Waals surface area (Å²) in [6.07, 6.45) is 6.26. The molecule has 3 heterocycles. The molecule has 7 heteroatoms. The summed E-state index contributed by atoms with van der Waals surface area (Å²) in [4.78, 5) is 32.0. The lowest BCUT2D eigenvalue weighted by atomic mass is 9.45. The predicted molar refractivity (Wildman–Crippen MR) is 114 cm³/mol. The first kappa shape index (κ1) is 19.5. The largest absolute Gasteiger partial charge is 0.350 e. The van der Waals surface area contributed by atoms with Gasteiger partial charge in [-0.3, -0.25) is 14.0 Å². The minimum absolute atomic E-state index is 0.0306. The van der Waals surface area contributed by atoms with Crippen LogP contribution < -0.4 is 11.1 Å². The number of fused-ring (bicyclic) bond motifs is 3. The number of rotatable bonds is 4.